The first-order chi connectivity index (χ1) is 12.7. The lowest BCUT2D eigenvalue weighted by Crippen LogP contribution is -2.32. The summed E-state index contributed by atoms with van der Waals surface area (Å²) in [5, 5.41) is 7.44. The molecule has 0 unspecified atom stereocenters. The SMILES string of the molecule is Cc1ccccc1Nc1cc(C(=O)NC2CCCC2)c2ccccc2n1. The Bertz CT molecular complexity index is 945. The number of carbonyl (C=O) groups excluding carboxylic acids is 1. The molecular weight excluding hydrogens is 322 g/mol. The van der Waals surface area contributed by atoms with E-state index in [1.165, 1.54) is 12.8 Å². The van der Waals surface area contributed by atoms with E-state index in [1.807, 2.05) is 48.5 Å². The number of amides is 1. The molecule has 1 aliphatic rings. The fraction of sp³-hybridized carbons (Fsp3) is 0.273. The molecule has 1 fully saturated rings. The van der Waals surface area contributed by atoms with Crippen LogP contribution in [0.25, 0.3) is 10.9 Å². The number of benzene rings is 2. The summed E-state index contributed by atoms with van der Waals surface area (Å²) >= 11 is 0. The second-order valence-electron chi connectivity index (χ2n) is 6.97. The highest BCUT2D eigenvalue weighted by Crippen LogP contribution is 2.25. The molecule has 26 heavy (non-hydrogen) atoms. The number of aromatic nitrogens is 1. The molecule has 1 amide bonds. The number of rotatable bonds is 4. The second kappa shape index (κ2) is 7.16. The summed E-state index contributed by atoms with van der Waals surface area (Å²) in [6.07, 6.45) is 4.54. The number of nitrogens with one attached hydrogen (secondary N) is 2. The van der Waals surface area contributed by atoms with Crippen molar-refractivity contribution in [2.45, 2.75) is 38.6 Å². The van der Waals surface area contributed by atoms with Crippen LogP contribution in [0.1, 0.15) is 41.6 Å². The van der Waals surface area contributed by atoms with Crippen molar-refractivity contribution in [3.63, 3.8) is 0 Å². The van der Waals surface area contributed by atoms with Crippen LogP contribution < -0.4 is 10.6 Å². The van der Waals surface area contributed by atoms with Crippen molar-refractivity contribution in [3.8, 4) is 0 Å². The molecule has 4 rings (SSSR count). The Labute approximate surface area is 153 Å². The number of hydrogen-bond donors (Lipinski definition) is 2. The maximum absolute atomic E-state index is 12.9. The molecule has 4 heteroatoms. The summed E-state index contributed by atoms with van der Waals surface area (Å²) in [7, 11) is 0. The van der Waals surface area contributed by atoms with Crippen molar-refractivity contribution in [2.75, 3.05) is 5.32 Å². The molecule has 1 aliphatic carbocycles. The fourth-order valence-electron chi connectivity index (χ4n) is 3.61. The summed E-state index contributed by atoms with van der Waals surface area (Å²) in [6, 6.07) is 18.0. The average molecular weight is 345 g/mol. The van der Waals surface area contributed by atoms with Gasteiger partial charge in [-0.05, 0) is 43.5 Å². The molecule has 0 saturated heterocycles. The van der Waals surface area contributed by atoms with Gasteiger partial charge in [-0.25, -0.2) is 4.98 Å². The molecule has 2 N–H and O–H groups in total. The summed E-state index contributed by atoms with van der Waals surface area (Å²) in [6.45, 7) is 2.05. The van der Waals surface area contributed by atoms with Crippen LogP contribution in [0.15, 0.2) is 54.6 Å². The van der Waals surface area contributed by atoms with Gasteiger partial charge in [0.15, 0.2) is 0 Å². The van der Waals surface area contributed by atoms with Crippen molar-refractivity contribution in [1.29, 1.82) is 0 Å². The molecule has 1 aromatic heterocycles. The van der Waals surface area contributed by atoms with E-state index in [0.29, 0.717) is 17.4 Å². The van der Waals surface area contributed by atoms with Gasteiger partial charge in [0.1, 0.15) is 5.82 Å². The third-order valence-corrected chi connectivity index (χ3v) is 5.06. The fourth-order valence-corrected chi connectivity index (χ4v) is 3.61. The molecule has 1 saturated carbocycles. The van der Waals surface area contributed by atoms with Gasteiger partial charge in [-0.1, -0.05) is 49.2 Å². The number of carbonyl (C=O) groups is 1. The van der Waals surface area contributed by atoms with Crippen molar-refractivity contribution in [3.05, 3.63) is 65.7 Å². The topological polar surface area (TPSA) is 54.0 Å². The van der Waals surface area contributed by atoms with E-state index in [2.05, 4.69) is 23.6 Å². The highest BCUT2D eigenvalue weighted by atomic mass is 16.1. The van der Waals surface area contributed by atoms with Crippen LogP contribution >= 0.6 is 0 Å². The van der Waals surface area contributed by atoms with Gasteiger partial charge in [-0.15, -0.1) is 0 Å². The Morgan fingerprint density at radius 2 is 1.77 bits per heavy atom. The van der Waals surface area contributed by atoms with Crippen molar-refractivity contribution < 1.29 is 4.79 Å². The van der Waals surface area contributed by atoms with Crippen molar-refractivity contribution in [1.82, 2.24) is 10.3 Å². The molecule has 1 heterocycles. The standard InChI is InChI=1S/C22H23N3O/c1-15-8-2-6-12-19(15)24-21-14-18(17-11-5-7-13-20(17)25-21)22(26)23-16-9-3-4-10-16/h2,5-8,11-14,16H,3-4,9-10H2,1H3,(H,23,26)(H,24,25). The second-order valence-corrected chi connectivity index (χ2v) is 6.97. The Kier molecular flexibility index (Phi) is 4.57. The Morgan fingerprint density at radius 1 is 1.04 bits per heavy atom. The third kappa shape index (κ3) is 3.40. The number of aryl methyl sites for hydroxylation is 1. The number of hydrogen-bond acceptors (Lipinski definition) is 3. The zero-order valence-electron chi connectivity index (χ0n) is 15.0. The van der Waals surface area contributed by atoms with Crippen LogP contribution in [0.2, 0.25) is 0 Å². The highest BCUT2D eigenvalue weighted by molar-refractivity contribution is 6.07. The van der Waals surface area contributed by atoms with E-state index in [4.69, 9.17) is 4.98 Å². The number of fused-ring (bicyclic) bond motifs is 1. The van der Waals surface area contributed by atoms with Crippen LogP contribution in [-0.2, 0) is 0 Å². The lowest BCUT2D eigenvalue weighted by molar-refractivity contribution is 0.0939. The molecule has 0 aliphatic heterocycles. The van der Waals surface area contributed by atoms with Crippen molar-refractivity contribution in [2.24, 2.45) is 0 Å². The van der Waals surface area contributed by atoms with Gasteiger partial charge >= 0.3 is 0 Å². The quantitative estimate of drug-likeness (QED) is 0.703. The maximum Gasteiger partial charge on any atom is 0.252 e. The number of para-hydroxylation sites is 2. The van der Waals surface area contributed by atoms with E-state index < -0.39 is 0 Å². The first-order valence-electron chi connectivity index (χ1n) is 9.24. The van der Waals surface area contributed by atoms with Gasteiger partial charge in [0.25, 0.3) is 5.91 Å². The Morgan fingerprint density at radius 3 is 2.58 bits per heavy atom. The van der Waals surface area contributed by atoms with Crippen LogP contribution in [-0.4, -0.2) is 16.9 Å². The summed E-state index contributed by atoms with van der Waals surface area (Å²) in [5.41, 5.74) is 3.64. The van der Waals surface area contributed by atoms with Crippen LogP contribution in [0.4, 0.5) is 11.5 Å². The van der Waals surface area contributed by atoms with E-state index in [1.54, 1.807) is 0 Å². The molecule has 0 spiro atoms. The predicted octanol–water partition coefficient (Wildman–Crippen LogP) is 4.96. The largest absolute Gasteiger partial charge is 0.349 e. The minimum absolute atomic E-state index is 0.0108. The normalized spacial score (nSPS) is 14.5. The molecule has 132 valence electrons. The molecule has 0 bridgehead atoms. The summed E-state index contributed by atoms with van der Waals surface area (Å²) in [4.78, 5) is 17.6. The van der Waals surface area contributed by atoms with Gasteiger partial charge in [-0.3, -0.25) is 4.79 Å². The molecule has 0 atom stereocenters. The van der Waals surface area contributed by atoms with Crippen molar-refractivity contribution >= 4 is 28.3 Å². The molecule has 4 nitrogen and oxygen atoms in total. The minimum Gasteiger partial charge on any atom is -0.349 e. The smallest absolute Gasteiger partial charge is 0.252 e. The van der Waals surface area contributed by atoms with Crippen LogP contribution in [0.5, 0.6) is 0 Å². The Hall–Kier alpha value is -2.88. The monoisotopic (exact) mass is 345 g/mol. The van der Waals surface area contributed by atoms with Crippen LogP contribution in [0.3, 0.4) is 0 Å². The van der Waals surface area contributed by atoms with E-state index in [-0.39, 0.29) is 5.91 Å². The van der Waals surface area contributed by atoms with Gasteiger partial charge in [0.2, 0.25) is 0 Å². The molecule has 0 radical (unpaired) electrons. The zero-order valence-corrected chi connectivity index (χ0v) is 15.0. The van der Waals surface area contributed by atoms with Gasteiger partial charge < -0.3 is 10.6 Å². The minimum atomic E-state index is -0.0108. The lowest BCUT2D eigenvalue weighted by Gasteiger charge is -2.15. The highest BCUT2D eigenvalue weighted by Gasteiger charge is 2.20. The molecule has 2 aromatic carbocycles. The summed E-state index contributed by atoms with van der Waals surface area (Å²) < 4.78 is 0. The number of nitrogens with zero attached hydrogens (tertiary/aromatic N) is 1. The van der Waals surface area contributed by atoms with E-state index in [9.17, 15) is 4.79 Å². The number of anilines is 2. The van der Waals surface area contributed by atoms with E-state index >= 15 is 0 Å². The predicted molar refractivity (Wildman–Crippen MR) is 106 cm³/mol. The lowest BCUT2D eigenvalue weighted by atomic mass is 10.1. The van der Waals surface area contributed by atoms with E-state index in [0.717, 1.165) is 35.0 Å². The number of pyridine rings is 1. The zero-order chi connectivity index (χ0) is 17.9. The summed E-state index contributed by atoms with van der Waals surface area (Å²) in [5.74, 6) is 0.679. The van der Waals surface area contributed by atoms with Crippen LogP contribution in [0, 0.1) is 6.92 Å². The average Bonchev–Trinajstić information content (AvgIpc) is 3.16. The Balaban J connectivity index is 1.71. The van der Waals surface area contributed by atoms with Gasteiger partial charge in [0, 0.05) is 17.1 Å². The molecular formula is C22H23N3O. The third-order valence-electron chi connectivity index (χ3n) is 5.06. The maximum atomic E-state index is 12.9. The first-order valence-corrected chi connectivity index (χ1v) is 9.24. The first kappa shape index (κ1) is 16.6. The van der Waals surface area contributed by atoms with Gasteiger partial charge in [-0.2, -0.15) is 0 Å². The molecule has 3 aromatic rings. The van der Waals surface area contributed by atoms with Gasteiger partial charge in [0.05, 0.1) is 11.1 Å².